The number of carbonyl (C=O) groups is 1. The van der Waals surface area contributed by atoms with Crippen molar-refractivity contribution in [3.8, 4) is 5.75 Å². The Morgan fingerprint density at radius 3 is 2.33 bits per heavy atom. The van der Waals surface area contributed by atoms with Crippen molar-refractivity contribution >= 4 is 33.0 Å². The molecule has 1 aromatic heterocycles. The summed E-state index contributed by atoms with van der Waals surface area (Å²) in [5.41, 5.74) is 1.73. The first-order chi connectivity index (χ1) is 15.9. The van der Waals surface area contributed by atoms with Crippen molar-refractivity contribution in [1.29, 1.82) is 0 Å². The Hall–Kier alpha value is -2.95. The molecule has 0 radical (unpaired) electrons. The molecule has 0 bridgehead atoms. The minimum atomic E-state index is -3.82. The van der Waals surface area contributed by atoms with Gasteiger partial charge in [-0.2, -0.15) is 4.31 Å². The number of carbonyl (C=O) groups excluding carboxylic acids is 1. The van der Waals surface area contributed by atoms with Crippen LogP contribution >= 0.6 is 11.3 Å². The molecule has 1 aliphatic heterocycles. The van der Waals surface area contributed by atoms with E-state index in [1.807, 2.05) is 17.0 Å². The average Bonchev–Trinajstić information content (AvgIpc) is 3.35. The molecule has 2 aromatic carbocycles. The van der Waals surface area contributed by atoms with E-state index in [9.17, 15) is 17.6 Å². The lowest BCUT2D eigenvalue weighted by molar-refractivity contribution is 0.0952. The number of thiophene rings is 1. The molecule has 0 aliphatic carbocycles. The molecule has 0 spiro atoms. The van der Waals surface area contributed by atoms with Crippen molar-refractivity contribution in [1.82, 2.24) is 9.62 Å². The first kappa shape index (κ1) is 23.2. The lowest BCUT2D eigenvalue weighted by Crippen LogP contribution is -2.48. The number of nitrogens with zero attached hydrogens (tertiary/aromatic N) is 2. The number of rotatable bonds is 7. The van der Waals surface area contributed by atoms with Crippen LogP contribution in [0, 0.1) is 5.82 Å². The van der Waals surface area contributed by atoms with Crippen molar-refractivity contribution < 1.29 is 22.3 Å². The molecule has 174 valence electrons. The SMILES string of the molecule is COc1ccc(CNC(=O)c2sccc2S(=O)(=O)N2CCN(c3ccc(F)cc3)CC2)cc1. The maximum Gasteiger partial charge on any atom is 0.263 e. The summed E-state index contributed by atoms with van der Waals surface area (Å²) < 4.78 is 46.2. The van der Waals surface area contributed by atoms with Gasteiger partial charge in [-0.3, -0.25) is 4.79 Å². The third-order valence-corrected chi connectivity index (χ3v) is 8.48. The second-order valence-electron chi connectivity index (χ2n) is 7.51. The molecule has 1 fully saturated rings. The summed E-state index contributed by atoms with van der Waals surface area (Å²) in [7, 11) is -2.24. The van der Waals surface area contributed by atoms with Crippen molar-refractivity contribution in [3.05, 3.63) is 76.2 Å². The number of sulfonamides is 1. The Balaban J connectivity index is 1.41. The van der Waals surface area contributed by atoms with Gasteiger partial charge in [0.1, 0.15) is 21.3 Å². The van der Waals surface area contributed by atoms with Gasteiger partial charge in [-0.25, -0.2) is 12.8 Å². The van der Waals surface area contributed by atoms with Crippen LogP contribution in [-0.2, 0) is 16.6 Å². The van der Waals surface area contributed by atoms with E-state index in [4.69, 9.17) is 4.74 Å². The Labute approximate surface area is 196 Å². The van der Waals surface area contributed by atoms with E-state index >= 15 is 0 Å². The molecule has 1 saturated heterocycles. The molecule has 0 atom stereocenters. The minimum absolute atomic E-state index is 0.0231. The zero-order valence-electron chi connectivity index (χ0n) is 18.0. The molecule has 3 aromatic rings. The Bertz CT molecular complexity index is 1200. The third-order valence-electron chi connectivity index (χ3n) is 5.50. The van der Waals surface area contributed by atoms with Crippen molar-refractivity contribution in [2.24, 2.45) is 0 Å². The van der Waals surface area contributed by atoms with Gasteiger partial charge in [0.2, 0.25) is 10.0 Å². The van der Waals surface area contributed by atoms with Crippen molar-refractivity contribution in [2.75, 3.05) is 38.2 Å². The molecule has 1 N–H and O–H groups in total. The van der Waals surface area contributed by atoms with Crippen LogP contribution in [0.5, 0.6) is 5.75 Å². The summed E-state index contributed by atoms with van der Waals surface area (Å²) in [5, 5.41) is 4.41. The van der Waals surface area contributed by atoms with Crippen LogP contribution < -0.4 is 15.0 Å². The molecule has 2 heterocycles. The number of nitrogens with one attached hydrogen (secondary N) is 1. The van der Waals surface area contributed by atoms with Crippen molar-refractivity contribution in [2.45, 2.75) is 11.4 Å². The van der Waals surface area contributed by atoms with Crippen LogP contribution in [0.3, 0.4) is 0 Å². The van der Waals surface area contributed by atoms with Crippen molar-refractivity contribution in [3.63, 3.8) is 0 Å². The van der Waals surface area contributed by atoms with Gasteiger partial charge in [0.25, 0.3) is 5.91 Å². The van der Waals surface area contributed by atoms with Gasteiger partial charge in [0.05, 0.1) is 7.11 Å². The smallest absolute Gasteiger partial charge is 0.263 e. The number of halogens is 1. The number of ether oxygens (including phenoxy) is 1. The molecular weight excluding hydrogens is 465 g/mol. The largest absolute Gasteiger partial charge is 0.497 e. The second-order valence-corrected chi connectivity index (χ2v) is 10.3. The standard InChI is InChI=1S/C23H24FN3O4S2/c1-31-20-8-2-17(3-9-20)16-25-23(28)22-21(10-15-32-22)33(29,30)27-13-11-26(12-14-27)19-6-4-18(24)5-7-19/h2-10,15H,11-14,16H2,1H3,(H,25,28). The van der Waals surface area contributed by atoms with Gasteiger partial charge >= 0.3 is 0 Å². The zero-order chi connectivity index (χ0) is 23.4. The van der Waals surface area contributed by atoms with E-state index in [1.54, 1.807) is 36.8 Å². The fourth-order valence-corrected chi connectivity index (χ4v) is 6.39. The lowest BCUT2D eigenvalue weighted by atomic mass is 10.2. The van der Waals surface area contributed by atoms with Crippen LogP contribution in [0.4, 0.5) is 10.1 Å². The maximum atomic E-state index is 13.3. The molecule has 4 rings (SSSR count). The third kappa shape index (κ3) is 5.18. The van der Waals surface area contributed by atoms with Gasteiger partial charge in [-0.15, -0.1) is 11.3 Å². The van der Waals surface area contributed by atoms with E-state index in [1.165, 1.54) is 22.5 Å². The highest BCUT2D eigenvalue weighted by Gasteiger charge is 2.32. The Morgan fingerprint density at radius 2 is 1.70 bits per heavy atom. The van der Waals surface area contributed by atoms with Crippen LogP contribution in [0.15, 0.2) is 64.9 Å². The normalized spacial score (nSPS) is 14.8. The summed E-state index contributed by atoms with van der Waals surface area (Å²) in [4.78, 5) is 15.0. The summed E-state index contributed by atoms with van der Waals surface area (Å²) in [5.74, 6) is -0.0178. The number of hydrogen-bond donors (Lipinski definition) is 1. The second kappa shape index (κ2) is 9.90. The average molecular weight is 490 g/mol. The zero-order valence-corrected chi connectivity index (χ0v) is 19.7. The van der Waals surface area contributed by atoms with Crippen LogP contribution in [0.2, 0.25) is 0 Å². The van der Waals surface area contributed by atoms with Crippen LogP contribution in [0.1, 0.15) is 15.2 Å². The highest BCUT2D eigenvalue weighted by Crippen LogP contribution is 2.27. The number of amides is 1. The van der Waals surface area contributed by atoms with E-state index < -0.39 is 15.9 Å². The predicted molar refractivity (Wildman–Crippen MR) is 126 cm³/mol. The molecule has 0 saturated carbocycles. The number of anilines is 1. The number of piperazine rings is 1. The Morgan fingerprint density at radius 1 is 1.03 bits per heavy atom. The maximum absolute atomic E-state index is 13.3. The number of methoxy groups -OCH3 is 1. The van der Waals surface area contributed by atoms with E-state index in [2.05, 4.69) is 5.32 Å². The monoisotopic (exact) mass is 489 g/mol. The van der Waals surface area contributed by atoms with Gasteiger partial charge in [0, 0.05) is 38.4 Å². The number of hydrogen-bond acceptors (Lipinski definition) is 6. The lowest BCUT2D eigenvalue weighted by Gasteiger charge is -2.35. The summed E-state index contributed by atoms with van der Waals surface area (Å²) in [6.45, 7) is 1.80. The van der Waals surface area contributed by atoms with Gasteiger partial charge in [0.15, 0.2) is 0 Å². The van der Waals surface area contributed by atoms with Gasteiger partial charge < -0.3 is 15.0 Å². The molecule has 10 heteroatoms. The first-order valence-corrected chi connectivity index (χ1v) is 12.7. The van der Waals surface area contributed by atoms with E-state index in [-0.39, 0.29) is 35.2 Å². The van der Waals surface area contributed by atoms with E-state index in [0.717, 1.165) is 28.3 Å². The quantitative estimate of drug-likeness (QED) is 0.551. The Kier molecular flexibility index (Phi) is 6.96. The fourth-order valence-electron chi connectivity index (χ4n) is 3.65. The molecule has 1 aliphatic rings. The first-order valence-electron chi connectivity index (χ1n) is 10.4. The minimum Gasteiger partial charge on any atom is -0.497 e. The molecule has 7 nitrogen and oxygen atoms in total. The fraction of sp³-hybridized carbons (Fsp3) is 0.261. The van der Waals surface area contributed by atoms with Gasteiger partial charge in [-0.05, 0) is 53.4 Å². The van der Waals surface area contributed by atoms with Gasteiger partial charge in [-0.1, -0.05) is 12.1 Å². The molecule has 0 unspecified atom stereocenters. The summed E-state index contributed by atoms with van der Waals surface area (Å²) >= 11 is 1.10. The van der Waals surface area contributed by atoms with Crippen LogP contribution in [-0.4, -0.2) is 51.9 Å². The molecule has 1 amide bonds. The van der Waals surface area contributed by atoms with E-state index in [0.29, 0.717) is 13.1 Å². The highest BCUT2D eigenvalue weighted by atomic mass is 32.2. The molecular formula is C23H24FN3O4S2. The highest BCUT2D eigenvalue weighted by molar-refractivity contribution is 7.89. The predicted octanol–water partition coefficient (Wildman–Crippen LogP) is 3.34. The topological polar surface area (TPSA) is 78.9 Å². The molecule has 33 heavy (non-hydrogen) atoms. The van der Waals surface area contributed by atoms with Crippen LogP contribution in [0.25, 0.3) is 0 Å². The summed E-state index contributed by atoms with van der Waals surface area (Å²) in [6.07, 6.45) is 0. The number of benzene rings is 2. The summed E-state index contributed by atoms with van der Waals surface area (Å²) in [6, 6.07) is 14.9.